The molecule has 0 saturated heterocycles. The van der Waals surface area contributed by atoms with E-state index >= 15 is 0 Å². The molecule has 2 aromatic carbocycles. The van der Waals surface area contributed by atoms with Crippen molar-refractivity contribution in [2.45, 2.75) is 40.2 Å². The quantitative estimate of drug-likeness (QED) is 0.643. The topological polar surface area (TPSA) is 92.8 Å². The molecule has 7 nitrogen and oxygen atoms in total. The molecule has 0 aliphatic heterocycles. The first-order valence-electron chi connectivity index (χ1n) is 9.73. The van der Waals surface area contributed by atoms with Gasteiger partial charge >= 0.3 is 5.97 Å². The Balaban J connectivity index is 2.33. The third-order valence-corrected chi connectivity index (χ3v) is 5.76. The van der Waals surface area contributed by atoms with Crippen LogP contribution in [0.5, 0.6) is 0 Å². The van der Waals surface area contributed by atoms with Crippen LogP contribution in [0.2, 0.25) is 0 Å². The van der Waals surface area contributed by atoms with Crippen molar-refractivity contribution in [2.24, 2.45) is 0 Å². The van der Waals surface area contributed by atoms with Gasteiger partial charge in [0.2, 0.25) is 15.9 Å². The predicted octanol–water partition coefficient (Wildman–Crippen LogP) is 3.66. The van der Waals surface area contributed by atoms with Gasteiger partial charge in [-0.1, -0.05) is 19.1 Å². The summed E-state index contributed by atoms with van der Waals surface area (Å²) in [5.74, 6) is -0.885. The van der Waals surface area contributed by atoms with Crippen molar-refractivity contribution in [1.82, 2.24) is 0 Å². The molecule has 0 unspecified atom stereocenters. The van der Waals surface area contributed by atoms with E-state index < -0.39 is 27.9 Å². The number of rotatable bonds is 8. The van der Waals surface area contributed by atoms with Gasteiger partial charge in [0.15, 0.2) is 0 Å². The molecule has 0 bridgehead atoms. The van der Waals surface area contributed by atoms with Crippen LogP contribution in [0.25, 0.3) is 0 Å². The van der Waals surface area contributed by atoms with E-state index in [1.165, 1.54) is 0 Å². The van der Waals surface area contributed by atoms with Gasteiger partial charge < -0.3 is 10.1 Å². The van der Waals surface area contributed by atoms with Gasteiger partial charge in [-0.25, -0.2) is 13.2 Å². The summed E-state index contributed by atoms with van der Waals surface area (Å²) >= 11 is 0. The number of carbonyl (C=O) groups excluding carboxylic acids is 2. The summed E-state index contributed by atoms with van der Waals surface area (Å²) in [5, 5.41) is 2.80. The first-order valence-corrected chi connectivity index (χ1v) is 11.6. The Labute approximate surface area is 178 Å². The second-order valence-electron chi connectivity index (χ2n) is 7.06. The standard InChI is InChI=1S/C22H28N2O5S/c1-6-20(24(30(5,27)28)18-10-8-9-15(3)13-18)21(25)23-19-12-11-17(14-16(19)4)22(26)29-7-2/h8-14,20H,6-7H2,1-5H3,(H,23,25)/t20-/m0/s1. The third-order valence-electron chi connectivity index (χ3n) is 4.58. The van der Waals surface area contributed by atoms with Crippen molar-refractivity contribution in [3.05, 3.63) is 59.2 Å². The van der Waals surface area contributed by atoms with Crippen LogP contribution < -0.4 is 9.62 Å². The molecule has 162 valence electrons. The zero-order chi connectivity index (χ0) is 22.5. The molecule has 0 spiro atoms. The Hall–Kier alpha value is -2.87. The number of ether oxygens (including phenoxy) is 1. The molecule has 0 saturated carbocycles. The summed E-state index contributed by atoms with van der Waals surface area (Å²) < 4.78 is 31.2. The third kappa shape index (κ3) is 5.60. The van der Waals surface area contributed by atoms with Crippen LogP contribution in [0, 0.1) is 13.8 Å². The van der Waals surface area contributed by atoms with E-state index in [4.69, 9.17) is 4.74 Å². The van der Waals surface area contributed by atoms with Crippen molar-refractivity contribution >= 4 is 33.3 Å². The van der Waals surface area contributed by atoms with Crippen molar-refractivity contribution < 1.29 is 22.7 Å². The van der Waals surface area contributed by atoms with E-state index in [1.54, 1.807) is 57.2 Å². The molecule has 0 fully saturated rings. The maximum Gasteiger partial charge on any atom is 0.338 e. The fraction of sp³-hybridized carbons (Fsp3) is 0.364. The van der Waals surface area contributed by atoms with E-state index in [9.17, 15) is 18.0 Å². The van der Waals surface area contributed by atoms with E-state index in [1.807, 2.05) is 13.0 Å². The Morgan fingerprint density at radius 2 is 1.80 bits per heavy atom. The second kappa shape index (κ2) is 9.75. The molecular weight excluding hydrogens is 404 g/mol. The lowest BCUT2D eigenvalue weighted by atomic mass is 10.1. The van der Waals surface area contributed by atoms with Crippen molar-refractivity contribution in [3.8, 4) is 0 Å². The molecule has 0 aromatic heterocycles. The monoisotopic (exact) mass is 432 g/mol. The number of anilines is 2. The average molecular weight is 433 g/mol. The van der Waals surface area contributed by atoms with Gasteiger partial charge in [0.1, 0.15) is 6.04 Å². The number of benzene rings is 2. The minimum atomic E-state index is -3.71. The first-order chi connectivity index (χ1) is 14.1. The van der Waals surface area contributed by atoms with E-state index in [0.717, 1.165) is 16.1 Å². The normalized spacial score (nSPS) is 12.2. The smallest absolute Gasteiger partial charge is 0.338 e. The minimum absolute atomic E-state index is 0.273. The number of nitrogens with one attached hydrogen (secondary N) is 1. The number of sulfonamides is 1. The Bertz CT molecular complexity index is 1030. The van der Waals surface area contributed by atoms with Crippen LogP contribution in [0.3, 0.4) is 0 Å². The molecule has 30 heavy (non-hydrogen) atoms. The Morgan fingerprint density at radius 3 is 2.33 bits per heavy atom. The maximum atomic E-state index is 13.1. The zero-order valence-corrected chi connectivity index (χ0v) is 18.7. The van der Waals surface area contributed by atoms with E-state index in [0.29, 0.717) is 22.5 Å². The van der Waals surface area contributed by atoms with Crippen LogP contribution >= 0.6 is 0 Å². The molecule has 0 heterocycles. The van der Waals surface area contributed by atoms with Crippen LogP contribution in [-0.2, 0) is 19.6 Å². The fourth-order valence-electron chi connectivity index (χ4n) is 3.19. The van der Waals surface area contributed by atoms with Gasteiger partial charge in [-0.3, -0.25) is 9.10 Å². The summed E-state index contributed by atoms with van der Waals surface area (Å²) in [4.78, 5) is 24.9. The van der Waals surface area contributed by atoms with Crippen LogP contribution in [0.4, 0.5) is 11.4 Å². The molecule has 0 radical (unpaired) electrons. The summed E-state index contributed by atoms with van der Waals surface area (Å²) in [7, 11) is -3.71. The number of amides is 1. The number of carbonyl (C=O) groups is 2. The average Bonchev–Trinajstić information content (AvgIpc) is 2.66. The summed E-state index contributed by atoms with van der Waals surface area (Å²) in [6.45, 7) is 7.38. The van der Waals surface area contributed by atoms with Gasteiger partial charge in [-0.05, 0) is 68.7 Å². The highest BCUT2D eigenvalue weighted by atomic mass is 32.2. The highest BCUT2D eigenvalue weighted by Gasteiger charge is 2.31. The maximum absolute atomic E-state index is 13.1. The molecule has 2 aromatic rings. The lowest BCUT2D eigenvalue weighted by Gasteiger charge is -2.30. The lowest BCUT2D eigenvalue weighted by molar-refractivity contribution is -0.117. The van der Waals surface area contributed by atoms with E-state index in [2.05, 4.69) is 5.32 Å². The summed E-state index contributed by atoms with van der Waals surface area (Å²) in [5.41, 5.74) is 2.89. The van der Waals surface area contributed by atoms with Crippen molar-refractivity contribution in [2.75, 3.05) is 22.5 Å². The fourth-order valence-corrected chi connectivity index (χ4v) is 4.39. The molecule has 0 aliphatic carbocycles. The Kier molecular flexibility index (Phi) is 7.61. The zero-order valence-electron chi connectivity index (χ0n) is 17.9. The number of hydrogen-bond acceptors (Lipinski definition) is 5. The number of esters is 1. The number of aryl methyl sites for hydroxylation is 2. The minimum Gasteiger partial charge on any atom is -0.462 e. The summed E-state index contributed by atoms with van der Waals surface area (Å²) in [6, 6.07) is 10.9. The van der Waals surface area contributed by atoms with Crippen LogP contribution in [0.15, 0.2) is 42.5 Å². The molecule has 8 heteroatoms. The molecule has 2 rings (SSSR count). The largest absolute Gasteiger partial charge is 0.462 e. The van der Waals surface area contributed by atoms with Gasteiger partial charge in [0.25, 0.3) is 0 Å². The highest BCUT2D eigenvalue weighted by Crippen LogP contribution is 2.25. The Morgan fingerprint density at radius 1 is 1.10 bits per heavy atom. The second-order valence-corrected chi connectivity index (χ2v) is 8.92. The van der Waals surface area contributed by atoms with Gasteiger partial charge in [0, 0.05) is 5.69 Å². The van der Waals surface area contributed by atoms with Gasteiger partial charge in [-0.2, -0.15) is 0 Å². The molecule has 1 amide bonds. The van der Waals surface area contributed by atoms with Gasteiger partial charge in [0.05, 0.1) is 24.1 Å². The van der Waals surface area contributed by atoms with Crippen molar-refractivity contribution in [3.63, 3.8) is 0 Å². The molecule has 1 N–H and O–H groups in total. The van der Waals surface area contributed by atoms with Crippen molar-refractivity contribution in [1.29, 1.82) is 0 Å². The SMILES string of the molecule is CCOC(=O)c1ccc(NC(=O)[C@H](CC)N(c2cccc(C)c2)S(C)(=O)=O)c(C)c1. The van der Waals surface area contributed by atoms with Crippen LogP contribution in [-0.4, -0.2) is 39.2 Å². The number of nitrogens with zero attached hydrogens (tertiary/aromatic N) is 1. The summed E-state index contributed by atoms with van der Waals surface area (Å²) in [6.07, 6.45) is 1.37. The van der Waals surface area contributed by atoms with Gasteiger partial charge in [-0.15, -0.1) is 0 Å². The highest BCUT2D eigenvalue weighted by molar-refractivity contribution is 7.92. The molecule has 1 atom stereocenters. The number of hydrogen-bond donors (Lipinski definition) is 1. The molecular formula is C22H28N2O5S. The predicted molar refractivity (Wildman–Crippen MR) is 118 cm³/mol. The molecule has 0 aliphatic rings. The first kappa shape index (κ1) is 23.4. The lowest BCUT2D eigenvalue weighted by Crippen LogP contribution is -2.47. The van der Waals surface area contributed by atoms with Crippen LogP contribution in [0.1, 0.15) is 41.8 Å². The van der Waals surface area contributed by atoms with E-state index in [-0.39, 0.29) is 13.0 Å².